The van der Waals surface area contributed by atoms with Gasteiger partial charge in [0.05, 0.1) is 17.9 Å². The molecule has 0 aliphatic heterocycles. The van der Waals surface area contributed by atoms with Gasteiger partial charge in [-0.15, -0.1) is 0 Å². The Morgan fingerprint density at radius 1 is 1.35 bits per heavy atom. The highest BCUT2D eigenvalue weighted by atomic mass is 16.6. The first-order valence-corrected chi connectivity index (χ1v) is 7.97. The fourth-order valence-electron chi connectivity index (χ4n) is 2.24. The number of carbonyl (C=O) groups is 2. The number of hydrogen-bond acceptors (Lipinski definition) is 6. The highest BCUT2D eigenvalue weighted by molar-refractivity contribution is 5.81. The lowest BCUT2D eigenvalue weighted by atomic mass is 9.84. The van der Waals surface area contributed by atoms with Crippen LogP contribution < -0.4 is 5.73 Å². The molecule has 0 rings (SSSR count). The summed E-state index contributed by atoms with van der Waals surface area (Å²) >= 11 is 0. The molecule has 2 N–H and O–H groups in total. The van der Waals surface area contributed by atoms with Gasteiger partial charge in [-0.2, -0.15) is 0 Å². The summed E-state index contributed by atoms with van der Waals surface area (Å²) in [4.78, 5) is 23.4. The van der Waals surface area contributed by atoms with Crippen LogP contribution in [0.4, 0.5) is 0 Å². The van der Waals surface area contributed by atoms with Gasteiger partial charge in [0.1, 0.15) is 12.7 Å². The molecule has 0 aliphatic carbocycles. The molecule has 0 aromatic rings. The van der Waals surface area contributed by atoms with Crippen molar-refractivity contribution < 1.29 is 23.8 Å². The van der Waals surface area contributed by atoms with E-state index < -0.39 is 17.7 Å². The van der Waals surface area contributed by atoms with Crippen LogP contribution in [0.15, 0.2) is 12.7 Å². The summed E-state index contributed by atoms with van der Waals surface area (Å²) in [6, 6.07) is -0.263. The van der Waals surface area contributed by atoms with Gasteiger partial charge >= 0.3 is 11.9 Å². The molecule has 0 heterocycles. The molecule has 6 nitrogen and oxygen atoms in total. The van der Waals surface area contributed by atoms with E-state index in [1.165, 1.54) is 0 Å². The summed E-state index contributed by atoms with van der Waals surface area (Å²) in [7, 11) is 1.58. The Balaban J connectivity index is 5.11. The molecule has 0 aliphatic rings. The molecule has 134 valence electrons. The normalized spacial score (nSPS) is 15.4. The molecule has 3 atom stereocenters. The third-order valence-electron chi connectivity index (χ3n) is 3.79. The Hall–Kier alpha value is -1.40. The Kier molecular flexibility index (Phi) is 9.76. The Bertz CT molecular complexity index is 392. The molecule has 0 radical (unpaired) electrons. The third kappa shape index (κ3) is 8.13. The van der Waals surface area contributed by atoms with Crippen LogP contribution in [0.25, 0.3) is 0 Å². The first-order chi connectivity index (χ1) is 10.7. The molecular weight excluding hydrogens is 298 g/mol. The molecule has 6 heteroatoms. The second-order valence-electron chi connectivity index (χ2n) is 6.25. The molecule has 3 unspecified atom stereocenters. The van der Waals surface area contributed by atoms with Crippen molar-refractivity contribution in [3.05, 3.63) is 12.7 Å². The lowest BCUT2D eigenvalue weighted by molar-refractivity contribution is -0.164. The smallest absolute Gasteiger partial charge is 0.330 e. The third-order valence-corrected chi connectivity index (χ3v) is 3.79. The van der Waals surface area contributed by atoms with Crippen LogP contribution in [0.1, 0.15) is 47.0 Å². The van der Waals surface area contributed by atoms with Crippen LogP contribution in [0.5, 0.6) is 0 Å². The largest absolute Gasteiger partial charge is 0.465 e. The number of nitrogens with two attached hydrogens (primary N) is 1. The van der Waals surface area contributed by atoms with E-state index in [2.05, 4.69) is 6.58 Å². The van der Waals surface area contributed by atoms with E-state index in [4.69, 9.17) is 19.9 Å². The SMILES string of the molecule is C=CC(=O)OC(CCC)C(COC(=O)CC(C)N)C(C)(C)OC. The van der Waals surface area contributed by atoms with Crippen LogP contribution in [0, 0.1) is 5.92 Å². The molecular formula is C17H31NO5. The zero-order valence-electron chi connectivity index (χ0n) is 15.0. The number of ether oxygens (including phenoxy) is 3. The van der Waals surface area contributed by atoms with Crippen molar-refractivity contribution in [2.24, 2.45) is 11.7 Å². The number of esters is 2. The first kappa shape index (κ1) is 21.6. The van der Waals surface area contributed by atoms with Gasteiger partial charge in [-0.3, -0.25) is 4.79 Å². The maximum absolute atomic E-state index is 11.8. The van der Waals surface area contributed by atoms with Gasteiger partial charge in [0.25, 0.3) is 0 Å². The average Bonchev–Trinajstić information content (AvgIpc) is 2.46. The van der Waals surface area contributed by atoms with E-state index in [0.29, 0.717) is 6.42 Å². The zero-order valence-corrected chi connectivity index (χ0v) is 15.0. The number of methoxy groups -OCH3 is 1. The maximum Gasteiger partial charge on any atom is 0.330 e. The van der Waals surface area contributed by atoms with Crippen LogP contribution in [0.2, 0.25) is 0 Å². The van der Waals surface area contributed by atoms with Gasteiger partial charge in [0.15, 0.2) is 0 Å². The molecule has 23 heavy (non-hydrogen) atoms. The van der Waals surface area contributed by atoms with E-state index in [1.54, 1.807) is 14.0 Å². The van der Waals surface area contributed by atoms with Crippen molar-refractivity contribution in [2.45, 2.75) is 64.7 Å². The van der Waals surface area contributed by atoms with E-state index in [9.17, 15) is 9.59 Å². The highest BCUT2D eigenvalue weighted by Crippen LogP contribution is 2.29. The lowest BCUT2D eigenvalue weighted by Crippen LogP contribution is -2.46. The summed E-state index contributed by atoms with van der Waals surface area (Å²) in [5.74, 6) is -1.17. The number of hydrogen-bond donors (Lipinski definition) is 1. The van der Waals surface area contributed by atoms with E-state index in [1.807, 2.05) is 20.8 Å². The molecule has 0 saturated carbocycles. The van der Waals surface area contributed by atoms with Gasteiger partial charge in [-0.05, 0) is 27.2 Å². The Morgan fingerprint density at radius 2 is 1.96 bits per heavy atom. The fourth-order valence-corrected chi connectivity index (χ4v) is 2.24. The number of rotatable bonds is 11. The monoisotopic (exact) mass is 329 g/mol. The maximum atomic E-state index is 11.8. The minimum Gasteiger partial charge on any atom is -0.465 e. The molecule has 0 aromatic heterocycles. The summed E-state index contributed by atoms with van der Waals surface area (Å²) < 4.78 is 16.3. The molecule has 0 fully saturated rings. The zero-order chi connectivity index (χ0) is 18.0. The quantitative estimate of drug-likeness (QED) is 0.462. The summed E-state index contributed by atoms with van der Waals surface area (Å²) in [6.45, 7) is 11.0. The molecule has 0 spiro atoms. The van der Waals surface area contributed by atoms with Crippen LogP contribution in [-0.2, 0) is 23.8 Å². The van der Waals surface area contributed by atoms with Gasteiger partial charge < -0.3 is 19.9 Å². The first-order valence-electron chi connectivity index (χ1n) is 7.97. The van der Waals surface area contributed by atoms with Gasteiger partial charge in [0.2, 0.25) is 0 Å². The Morgan fingerprint density at radius 3 is 2.39 bits per heavy atom. The van der Waals surface area contributed by atoms with E-state index in [0.717, 1.165) is 12.5 Å². The van der Waals surface area contributed by atoms with Crippen molar-refractivity contribution in [2.75, 3.05) is 13.7 Å². The molecule has 0 aromatic carbocycles. The van der Waals surface area contributed by atoms with Crippen LogP contribution in [-0.4, -0.2) is 43.4 Å². The molecule has 0 saturated heterocycles. The predicted molar refractivity (Wildman–Crippen MR) is 88.8 cm³/mol. The van der Waals surface area contributed by atoms with Crippen molar-refractivity contribution in [1.29, 1.82) is 0 Å². The minimum absolute atomic E-state index is 0.0987. The summed E-state index contributed by atoms with van der Waals surface area (Å²) in [5, 5.41) is 0. The predicted octanol–water partition coefficient (Wildman–Crippen LogP) is 2.21. The topological polar surface area (TPSA) is 87.9 Å². The minimum atomic E-state index is -0.629. The van der Waals surface area contributed by atoms with Crippen molar-refractivity contribution in [3.8, 4) is 0 Å². The highest BCUT2D eigenvalue weighted by Gasteiger charge is 2.38. The van der Waals surface area contributed by atoms with Crippen molar-refractivity contribution >= 4 is 11.9 Å². The molecule has 0 bridgehead atoms. The summed E-state index contributed by atoms with van der Waals surface area (Å²) in [5.41, 5.74) is 4.97. The lowest BCUT2D eigenvalue weighted by Gasteiger charge is -2.37. The van der Waals surface area contributed by atoms with Gasteiger partial charge in [-0.1, -0.05) is 19.9 Å². The summed E-state index contributed by atoms with van der Waals surface area (Å²) in [6.07, 6.45) is 2.30. The Labute approximate surface area is 139 Å². The van der Waals surface area contributed by atoms with Crippen LogP contribution in [0.3, 0.4) is 0 Å². The van der Waals surface area contributed by atoms with Gasteiger partial charge in [0, 0.05) is 19.2 Å². The molecule has 0 amide bonds. The van der Waals surface area contributed by atoms with Gasteiger partial charge in [-0.25, -0.2) is 4.79 Å². The standard InChI is InChI=1S/C17H31NO5/c1-7-9-14(23-15(19)8-2)13(17(4,5)21-6)11-22-16(20)10-12(3)18/h8,12-14H,2,7,9-11,18H2,1,3-6H3. The fraction of sp³-hybridized carbons (Fsp3) is 0.765. The van der Waals surface area contributed by atoms with E-state index >= 15 is 0 Å². The second kappa shape index (κ2) is 10.4. The average molecular weight is 329 g/mol. The van der Waals surface area contributed by atoms with Crippen molar-refractivity contribution in [3.63, 3.8) is 0 Å². The van der Waals surface area contributed by atoms with Crippen LogP contribution >= 0.6 is 0 Å². The van der Waals surface area contributed by atoms with E-state index in [-0.39, 0.29) is 31.0 Å². The van der Waals surface area contributed by atoms with Crippen molar-refractivity contribution in [1.82, 2.24) is 0 Å². The number of carbonyl (C=O) groups excluding carboxylic acids is 2. The second-order valence-corrected chi connectivity index (χ2v) is 6.25.